The van der Waals surface area contributed by atoms with Crippen LogP contribution in [0, 0.1) is 11.3 Å². The maximum absolute atomic E-state index is 13.4. The van der Waals surface area contributed by atoms with Crippen LogP contribution in [0.5, 0.6) is 5.88 Å². The summed E-state index contributed by atoms with van der Waals surface area (Å²) in [6.07, 6.45) is 2.88. The second-order valence-electron chi connectivity index (χ2n) is 4.93. The quantitative estimate of drug-likeness (QED) is 0.720. The highest BCUT2D eigenvalue weighted by Gasteiger charge is 2.28. The van der Waals surface area contributed by atoms with Crippen molar-refractivity contribution >= 4 is 5.69 Å². The molecule has 0 aliphatic carbocycles. The van der Waals surface area contributed by atoms with Crippen LogP contribution in [-0.4, -0.2) is 11.6 Å². The number of nitrogens with one attached hydrogen (secondary N) is 2. The first kappa shape index (κ1) is 17.5. The normalized spacial score (nSPS) is 11.9. The van der Waals surface area contributed by atoms with E-state index < -0.39 is 17.3 Å². The summed E-state index contributed by atoms with van der Waals surface area (Å²) in [6.45, 7) is 0.585. The molecule has 5 nitrogen and oxygen atoms in total. The highest BCUT2D eigenvalue weighted by Crippen LogP contribution is 2.31. The standard InChI is InChI=1S/C16H15F3N4O/c1-16(18,19)13-8-11(5-6-14(13)17)22-9-12(23-20)10-24-15-4-2-3-7-21-15/h2-9,20,22H,10H2,1H3/b12-9-,23-20?. The van der Waals surface area contributed by atoms with Gasteiger partial charge in [-0.25, -0.2) is 23.7 Å². The van der Waals surface area contributed by atoms with Crippen LogP contribution in [0.25, 0.3) is 0 Å². The zero-order valence-corrected chi connectivity index (χ0v) is 12.8. The number of aromatic nitrogens is 1. The molecule has 1 heterocycles. The van der Waals surface area contributed by atoms with Crippen molar-refractivity contribution in [2.24, 2.45) is 5.11 Å². The van der Waals surface area contributed by atoms with Gasteiger partial charge in [-0.1, -0.05) is 6.07 Å². The third-order valence-corrected chi connectivity index (χ3v) is 2.99. The number of pyridine rings is 1. The van der Waals surface area contributed by atoms with E-state index in [0.29, 0.717) is 12.8 Å². The van der Waals surface area contributed by atoms with Crippen LogP contribution in [0.1, 0.15) is 12.5 Å². The third kappa shape index (κ3) is 4.80. The molecule has 0 saturated carbocycles. The lowest BCUT2D eigenvalue weighted by Crippen LogP contribution is -2.10. The van der Waals surface area contributed by atoms with E-state index in [-0.39, 0.29) is 18.0 Å². The lowest BCUT2D eigenvalue weighted by molar-refractivity contribution is 0.0138. The Balaban J connectivity index is 2.06. The smallest absolute Gasteiger partial charge is 0.273 e. The number of halogens is 3. The number of nitrogens with zero attached hydrogens (tertiary/aromatic N) is 2. The van der Waals surface area contributed by atoms with Gasteiger partial charge in [-0.3, -0.25) is 0 Å². The van der Waals surface area contributed by atoms with E-state index in [4.69, 9.17) is 10.3 Å². The molecule has 0 unspecified atom stereocenters. The van der Waals surface area contributed by atoms with E-state index in [9.17, 15) is 13.2 Å². The predicted molar refractivity (Wildman–Crippen MR) is 82.6 cm³/mol. The van der Waals surface area contributed by atoms with Crippen LogP contribution in [0.15, 0.2) is 59.6 Å². The van der Waals surface area contributed by atoms with Crippen molar-refractivity contribution < 1.29 is 17.9 Å². The van der Waals surface area contributed by atoms with Gasteiger partial charge < -0.3 is 10.1 Å². The van der Waals surface area contributed by atoms with Crippen molar-refractivity contribution in [3.8, 4) is 5.88 Å². The zero-order chi connectivity index (χ0) is 17.6. The van der Waals surface area contributed by atoms with Gasteiger partial charge in [-0.15, -0.1) is 0 Å². The molecule has 2 rings (SSSR count). The molecule has 0 radical (unpaired) electrons. The van der Waals surface area contributed by atoms with Crippen LogP contribution >= 0.6 is 0 Å². The molecular formula is C16H15F3N4O. The van der Waals surface area contributed by atoms with Gasteiger partial charge in [0.1, 0.15) is 18.1 Å². The summed E-state index contributed by atoms with van der Waals surface area (Å²) >= 11 is 0. The average Bonchev–Trinajstić information content (AvgIpc) is 2.56. The summed E-state index contributed by atoms with van der Waals surface area (Å²) < 4.78 is 45.4. The number of hydrogen-bond acceptors (Lipinski definition) is 5. The molecule has 0 spiro atoms. The van der Waals surface area contributed by atoms with Gasteiger partial charge in [0, 0.05) is 31.1 Å². The van der Waals surface area contributed by atoms with Crippen molar-refractivity contribution in [1.29, 1.82) is 5.53 Å². The Morgan fingerprint density at radius 2 is 2.17 bits per heavy atom. The van der Waals surface area contributed by atoms with Gasteiger partial charge in [0.25, 0.3) is 5.92 Å². The molecule has 8 heteroatoms. The SMILES string of the molecule is CC(F)(F)c1cc(N/C=C(/COc2ccccn2)N=N)ccc1F. The van der Waals surface area contributed by atoms with Crippen LogP contribution < -0.4 is 10.1 Å². The van der Waals surface area contributed by atoms with Crippen molar-refractivity contribution in [3.05, 3.63) is 65.9 Å². The minimum absolute atomic E-state index is 0.0362. The summed E-state index contributed by atoms with van der Waals surface area (Å²) in [5.41, 5.74) is 6.84. The molecular weight excluding hydrogens is 321 g/mol. The number of hydrogen-bond donors (Lipinski definition) is 2. The first-order valence-corrected chi connectivity index (χ1v) is 6.95. The topological polar surface area (TPSA) is 70.4 Å². The van der Waals surface area contributed by atoms with Gasteiger partial charge in [0.15, 0.2) is 0 Å². The Morgan fingerprint density at radius 1 is 1.38 bits per heavy atom. The number of anilines is 1. The van der Waals surface area contributed by atoms with E-state index in [1.165, 1.54) is 12.3 Å². The molecule has 0 fully saturated rings. The van der Waals surface area contributed by atoms with E-state index in [1.807, 2.05) is 0 Å². The maximum atomic E-state index is 13.4. The summed E-state index contributed by atoms with van der Waals surface area (Å²) in [6, 6.07) is 8.38. The molecule has 126 valence electrons. The van der Waals surface area contributed by atoms with E-state index in [1.54, 1.807) is 24.4 Å². The number of rotatable bonds is 7. The monoisotopic (exact) mass is 336 g/mol. The molecule has 0 saturated heterocycles. The minimum atomic E-state index is -3.30. The van der Waals surface area contributed by atoms with E-state index in [0.717, 1.165) is 12.1 Å². The summed E-state index contributed by atoms with van der Waals surface area (Å²) in [5.74, 6) is -3.92. The first-order chi connectivity index (χ1) is 11.4. The van der Waals surface area contributed by atoms with Crippen molar-refractivity contribution in [2.45, 2.75) is 12.8 Å². The van der Waals surface area contributed by atoms with Gasteiger partial charge in [0.05, 0.1) is 5.56 Å². The van der Waals surface area contributed by atoms with Gasteiger partial charge in [-0.05, 0) is 24.3 Å². The third-order valence-electron chi connectivity index (χ3n) is 2.99. The molecule has 2 N–H and O–H groups in total. The second kappa shape index (κ2) is 7.58. The van der Waals surface area contributed by atoms with Crippen molar-refractivity contribution in [2.75, 3.05) is 11.9 Å². The number of benzene rings is 1. The van der Waals surface area contributed by atoms with Crippen molar-refractivity contribution in [3.63, 3.8) is 0 Å². The largest absolute Gasteiger partial charge is 0.471 e. The lowest BCUT2D eigenvalue weighted by atomic mass is 10.1. The molecule has 0 aliphatic heterocycles. The summed E-state index contributed by atoms with van der Waals surface area (Å²) in [7, 11) is 0. The van der Waals surface area contributed by atoms with Gasteiger partial charge in [-0.2, -0.15) is 5.11 Å². The summed E-state index contributed by atoms with van der Waals surface area (Å²) in [5, 5.41) is 5.98. The van der Waals surface area contributed by atoms with Gasteiger partial charge in [0.2, 0.25) is 5.88 Å². The van der Waals surface area contributed by atoms with Crippen LogP contribution in [0.4, 0.5) is 18.9 Å². The maximum Gasteiger partial charge on any atom is 0.273 e. The van der Waals surface area contributed by atoms with Gasteiger partial charge >= 0.3 is 0 Å². The first-order valence-electron chi connectivity index (χ1n) is 6.95. The fourth-order valence-electron chi connectivity index (χ4n) is 1.80. The molecule has 24 heavy (non-hydrogen) atoms. The average molecular weight is 336 g/mol. The zero-order valence-electron chi connectivity index (χ0n) is 12.8. The van der Waals surface area contributed by atoms with Crippen molar-refractivity contribution in [1.82, 2.24) is 4.98 Å². The van der Waals surface area contributed by atoms with E-state index in [2.05, 4.69) is 15.4 Å². The van der Waals surface area contributed by atoms with Crippen LogP contribution in [-0.2, 0) is 5.92 Å². The minimum Gasteiger partial charge on any atom is -0.471 e. The Labute approximate surface area is 136 Å². The number of ether oxygens (including phenoxy) is 1. The molecule has 0 bridgehead atoms. The molecule has 0 atom stereocenters. The molecule has 0 amide bonds. The fraction of sp³-hybridized carbons (Fsp3) is 0.188. The van der Waals surface area contributed by atoms with Crippen LogP contribution in [0.2, 0.25) is 0 Å². The molecule has 0 aliphatic rings. The highest BCUT2D eigenvalue weighted by atomic mass is 19.3. The Morgan fingerprint density at radius 3 is 2.79 bits per heavy atom. The lowest BCUT2D eigenvalue weighted by Gasteiger charge is -2.13. The molecule has 1 aromatic carbocycles. The second-order valence-corrected chi connectivity index (χ2v) is 4.93. The predicted octanol–water partition coefficient (Wildman–Crippen LogP) is 4.70. The Kier molecular flexibility index (Phi) is 5.51. The highest BCUT2D eigenvalue weighted by molar-refractivity contribution is 5.49. The van der Waals surface area contributed by atoms with Crippen LogP contribution in [0.3, 0.4) is 0 Å². The Bertz CT molecular complexity index is 730. The summed E-state index contributed by atoms with van der Waals surface area (Å²) in [4.78, 5) is 3.95. The Hall–Kier alpha value is -2.90. The molecule has 2 aromatic rings. The van der Waals surface area contributed by atoms with E-state index >= 15 is 0 Å². The number of alkyl halides is 2. The fourth-order valence-corrected chi connectivity index (χ4v) is 1.80. The molecule has 1 aromatic heterocycles.